The molecule has 1 heterocycles. The smallest absolute Gasteiger partial charge is 0.303 e. The first-order valence-corrected chi connectivity index (χ1v) is 8.28. The molecule has 1 fully saturated rings. The van der Waals surface area contributed by atoms with Gasteiger partial charge < -0.3 is 10.4 Å². The molecule has 0 spiro atoms. The highest BCUT2D eigenvalue weighted by Crippen LogP contribution is 2.27. The molecule has 1 aromatic carbocycles. The molecule has 1 unspecified atom stereocenters. The molecule has 1 aromatic rings. The summed E-state index contributed by atoms with van der Waals surface area (Å²) in [5, 5.41) is 11.9. The number of thioether (sulfide) groups is 1. The quantitative estimate of drug-likeness (QED) is 0.756. The molecule has 0 saturated carbocycles. The number of carbonyl (C=O) groups excluding carboxylic acids is 1. The predicted molar refractivity (Wildman–Crippen MR) is 88.5 cm³/mol. The van der Waals surface area contributed by atoms with Crippen LogP contribution < -0.4 is 5.32 Å². The molecule has 2 N–H and O–H groups in total. The number of hydrogen-bond acceptors (Lipinski definition) is 4. The molecular formula is C16H20N2O3S. The first-order valence-electron chi connectivity index (χ1n) is 7.40. The summed E-state index contributed by atoms with van der Waals surface area (Å²) < 4.78 is 0. The van der Waals surface area contributed by atoms with Gasteiger partial charge in [-0.3, -0.25) is 9.59 Å². The number of aryl methyl sites for hydroxylation is 1. The van der Waals surface area contributed by atoms with Crippen molar-refractivity contribution in [1.82, 2.24) is 5.32 Å². The Morgan fingerprint density at radius 1 is 1.32 bits per heavy atom. The van der Waals surface area contributed by atoms with E-state index < -0.39 is 5.97 Å². The highest BCUT2D eigenvalue weighted by molar-refractivity contribution is 8.15. The molecule has 0 bridgehead atoms. The van der Waals surface area contributed by atoms with E-state index in [1.165, 1.54) is 11.8 Å². The summed E-state index contributed by atoms with van der Waals surface area (Å²) in [4.78, 5) is 26.9. The number of carboxylic acids is 1. The van der Waals surface area contributed by atoms with Gasteiger partial charge in [-0.05, 0) is 31.4 Å². The van der Waals surface area contributed by atoms with Crippen LogP contribution in [0.15, 0.2) is 29.3 Å². The average Bonchev–Trinajstić information content (AvgIpc) is 2.81. The lowest BCUT2D eigenvalue weighted by atomic mass is 10.1. The van der Waals surface area contributed by atoms with Gasteiger partial charge in [-0.15, -0.1) is 0 Å². The van der Waals surface area contributed by atoms with Gasteiger partial charge in [0.1, 0.15) is 0 Å². The molecule has 118 valence electrons. The van der Waals surface area contributed by atoms with E-state index in [4.69, 9.17) is 5.11 Å². The molecule has 2 rings (SSSR count). The Morgan fingerprint density at radius 3 is 2.82 bits per heavy atom. The number of nitrogens with one attached hydrogen (secondary N) is 1. The second-order valence-corrected chi connectivity index (χ2v) is 6.48. The third-order valence-corrected chi connectivity index (χ3v) is 4.62. The van der Waals surface area contributed by atoms with E-state index in [1.807, 2.05) is 31.2 Å². The number of hydrogen-bond donors (Lipinski definition) is 2. The third-order valence-electron chi connectivity index (χ3n) is 3.47. The normalized spacial score (nSPS) is 19.4. The van der Waals surface area contributed by atoms with Crippen molar-refractivity contribution < 1.29 is 14.7 Å². The van der Waals surface area contributed by atoms with E-state index in [-0.39, 0.29) is 17.6 Å². The lowest BCUT2D eigenvalue weighted by Gasteiger charge is -2.04. The average molecular weight is 320 g/mol. The zero-order valence-electron chi connectivity index (χ0n) is 12.5. The lowest BCUT2D eigenvalue weighted by molar-refractivity contribution is -0.137. The first-order chi connectivity index (χ1) is 10.6. The number of aliphatic carboxylic acids is 1. The standard InChI is InChI=1S/C16H20N2O3S/c1-11-7-5-6-8-12(11)17-16-18-15(21)13(22-16)9-3-2-4-10-14(19)20/h5-8,13H,2-4,9-10H2,1H3,(H,19,20)(H,17,18,21). The van der Waals surface area contributed by atoms with E-state index in [0.29, 0.717) is 11.6 Å². The first kappa shape index (κ1) is 16.5. The van der Waals surface area contributed by atoms with Crippen LogP contribution in [0.2, 0.25) is 0 Å². The summed E-state index contributed by atoms with van der Waals surface area (Å²) in [7, 11) is 0. The predicted octanol–water partition coefficient (Wildman–Crippen LogP) is 3.25. The zero-order valence-corrected chi connectivity index (χ0v) is 13.4. The molecule has 22 heavy (non-hydrogen) atoms. The fourth-order valence-electron chi connectivity index (χ4n) is 2.23. The number of carbonyl (C=O) groups is 2. The largest absolute Gasteiger partial charge is 0.481 e. The Balaban J connectivity index is 1.83. The summed E-state index contributed by atoms with van der Waals surface area (Å²) in [6.07, 6.45) is 3.31. The maximum absolute atomic E-state index is 11.9. The van der Waals surface area contributed by atoms with Gasteiger partial charge in [0, 0.05) is 6.42 Å². The SMILES string of the molecule is Cc1ccccc1N=C1NC(=O)C(CCCCCC(=O)O)S1. The van der Waals surface area contributed by atoms with Gasteiger partial charge in [0.15, 0.2) is 5.17 Å². The Labute approximate surface area is 134 Å². The molecule has 5 nitrogen and oxygen atoms in total. The van der Waals surface area contributed by atoms with Crippen LogP contribution in [0.3, 0.4) is 0 Å². The summed E-state index contributed by atoms with van der Waals surface area (Å²) in [6, 6.07) is 7.79. The van der Waals surface area contributed by atoms with Gasteiger partial charge in [-0.25, -0.2) is 4.99 Å². The summed E-state index contributed by atoms with van der Waals surface area (Å²) >= 11 is 1.46. The fourth-order valence-corrected chi connectivity index (χ4v) is 3.26. The van der Waals surface area contributed by atoms with E-state index in [9.17, 15) is 9.59 Å². The summed E-state index contributed by atoms with van der Waals surface area (Å²) in [5.41, 5.74) is 1.94. The van der Waals surface area contributed by atoms with Crippen LogP contribution in [-0.2, 0) is 9.59 Å². The number of amidine groups is 1. The van der Waals surface area contributed by atoms with Crippen LogP contribution in [0.1, 0.15) is 37.7 Å². The van der Waals surface area contributed by atoms with Gasteiger partial charge in [-0.1, -0.05) is 42.8 Å². The second kappa shape index (κ2) is 7.98. The number of unbranched alkanes of at least 4 members (excludes halogenated alkanes) is 2. The van der Waals surface area contributed by atoms with Crippen molar-refractivity contribution in [3.05, 3.63) is 29.8 Å². The van der Waals surface area contributed by atoms with Crippen LogP contribution in [0.4, 0.5) is 5.69 Å². The monoisotopic (exact) mass is 320 g/mol. The van der Waals surface area contributed by atoms with Gasteiger partial charge in [0.2, 0.25) is 5.91 Å². The molecular weight excluding hydrogens is 300 g/mol. The van der Waals surface area contributed by atoms with Crippen molar-refractivity contribution >= 4 is 34.5 Å². The van der Waals surface area contributed by atoms with Crippen molar-refractivity contribution in [1.29, 1.82) is 0 Å². The van der Waals surface area contributed by atoms with Crippen molar-refractivity contribution in [2.45, 2.75) is 44.3 Å². The minimum absolute atomic E-state index is 0.00410. The summed E-state index contributed by atoms with van der Waals surface area (Å²) in [6.45, 7) is 1.99. The minimum atomic E-state index is -0.763. The van der Waals surface area contributed by atoms with Crippen LogP contribution in [0, 0.1) is 6.92 Å². The van der Waals surface area contributed by atoms with Crippen LogP contribution in [0.25, 0.3) is 0 Å². The van der Waals surface area contributed by atoms with Crippen LogP contribution in [-0.4, -0.2) is 27.4 Å². The van der Waals surface area contributed by atoms with Crippen molar-refractivity contribution in [3.8, 4) is 0 Å². The van der Waals surface area contributed by atoms with Crippen LogP contribution >= 0.6 is 11.8 Å². The van der Waals surface area contributed by atoms with Crippen molar-refractivity contribution in [2.24, 2.45) is 4.99 Å². The number of benzene rings is 1. The number of para-hydroxylation sites is 1. The van der Waals surface area contributed by atoms with E-state index in [0.717, 1.165) is 30.5 Å². The van der Waals surface area contributed by atoms with Crippen LogP contribution in [0.5, 0.6) is 0 Å². The van der Waals surface area contributed by atoms with Crippen molar-refractivity contribution in [2.75, 3.05) is 0 Å². The third kappa shape index (κ3) is 4.87. The molecule has 0 radical (unpaired) electrons. The van der Waals surface area contributed by atoms with E-state index >= 15 is 0 Å². The Morgan fingerprint density at radius 2 is 2.09 bits per heavy atom. The molecule has 1 atom stereocenters. The van der Waals surface area contributed by atoms with Gasteiger partial charge in [-0.2, -0.15) is 0 Å². The maximum atomic E-state index is 11.9. The maximum Gasteiger partial charge on any atom is 0.303 e. The van der Waals surface area contributed by atoms with Crippen molar-refractivity contribution in [3.63, 3.8) is 0 Å². The molecule has 0 aliphatic carbocycles. The number of aliphatic imine (C=N–C) groups is 1. The van der Waals surface area contributed by atoms with E-state index in [1.54, 1.807) is 0 Å². The van der Waals surface area contributed by atoms with E-state index in [2.05, 4.69) is 10.3 Å². The Bertz CT molecular complexity index is 587. The number of carboxylic acid groups (broad SMARTS) is 1. The molecule has 6 heteroatoms. The number of rotatable bonds is 7. The fraction of sp³-hybridized carbons (Fsp3) is 0.438. The highest BCUT2D eigenvalue weighted by atomic mass is 32.2. The second-order valence-electron chi connectivity index (χ2n) is 5.29. The number of amides is 1. The minimum Gasteiger partial charge on any atom is -0.481 e. The molecule has 1 saturated heterocycles. The molecule has 0 aromatic heterocycles. The van der Waals surface area contributed by atoms with Gasteiger partial charge >= 0.3 is 5.97 Å². The van der Waals surface area contributed by atoms with Gasteiger partial charge in [0.05, 0.1) is 10.9 Å². The van der Waals surface area contributed by atoms with Gasteiger partial charge in [0.25, 0.3) is 0 Å². The molecule has 1 amide bonds. The number of nitrogens with zero attached hydrogens (tertiary/aromatic N) is 1. The zero-order chi connectivity index (χ0) is 15.9. The molecule has 1 aliphatic rings. The Kier molecular flexibility index (Phi) is 6.00. The molecule has 1 aliphatic heterocycles. The lowest BCUT2D eigenvalue weighted by Crippen LogP contribution is -2.24. The highest BCUT2D eigenvalue weighted by Gasteiger charge is 2.29. The topological polar surface area (TPSA) is 78.8 Å². The summed E-state index contributed by atoms with van der Waals surface area (Å²) in [5.74, 6) is -0.767. The Hall–Kier alpha value is -1.82.